The molecule has 1 aliphatic rings. The van der Waals surface area contributed by atoms with Crippen LogP contribution in [0.3, 0.4) is 0 Å². The Morgan fingerprint density at radius 2 is 1.85 bits per heavy atom. The maximum absolute atomic E-state index is 3.55. The van der Waals surface area contributed by atoms with E-state index in [1.807, 2.05) is 0 Å². The minimum absolute atomic E-state index is 0. The van der Waals surface area contributed by atoms with E-state index in [2.05, 4.69) is 76.2 Å². The summed E-state index contributed by atoms with van der Waals surface area (Å²) in [5.74, 6) is 0. The second kappa shape index (κ2) is 7.38. The van der Waals surface area contributed by atoms with Crippen molar-refractivity contribution in [2.75, 3.05) is 0 Å². The van der Waals surface area contributed by atoms with E-state index in [4.69, 9.17) is 0 Å². The Kier molecular flexibility index (Phi) is 7.42. The van der Waals surface area contributed by atoms with Crippen LogP contribution in [-0.2, 0) is 19.8 Å². The molecule has 0 saturated carbocycles. The Hall–Kier alpha value is 0.0931. The SMILES string of the molecule is C[C](C)=[Zr]([C]1=CC=CC1)([c]1ccc[nH]1)[C](C)(C)C.Cl.Cl. The minimum Gasteiger partial charge on any atom is -0.147 e. The van der Waals surface area contributed by atoms with Gasteiger partial charge in [-0.15, -0.1) is 24.8 Å². The van der Waals surface area contributed by atoms with Gasteiger partial charge >= 0.3 is 115 Å². The van der Waals surface area contributed by atoms with Crippen LogP contribution >= 0.6 is 24.8 Å². The molecule has 1 aliphatic carbocycles. The van der Waals surface area contributed by atoms with Crippen molar-refractivity contribution >= 4 is 31.4 Å². The number of aromatic nitrogens is 1. The summed E-state index contributed by atoms with van der Waals surface area (Å²) in [5, 5.41) is 0. The zero-order chi connectivity index (χ0) is 13.4. The Morgan fingerprint density at radius 1 is 1.20 bits per heavy atom. The molecule has 1 atom stereocenters. The van der Waals surface area contributed by atoms with Gasteiger partial charge in [-0.25, -0.2) is 0 Å². The molecule has 0 amide bonds. The number of allylic oxidation sites excluding steroid dienone is 4. The Morgan fingerprint density at radius 3 is 2.20 bits per heavy atom. The van der Waals surface area contributed by atoms with Gasteiger partial charge in [0.1, 0.15) is 0 Å². The smallest absolute Gasteiger partial charge is 0.147 e. The van der Waals surface area contributed by atoms with Crippen LogP contribution in [0.4, 0.5) is 0 Å². The molecule has 1 heterocycles. The van der Waals surface area contributed by atoms with E-state index in [0.717, 1.165) is 6.42 Å². The fourth-order valence-electron chi connectivity index (χ4n) is 3.69. The molecule has 1 aromatic heterocycles. The van der Waals surface area contributed by atoms with E-state index >= 15 is 0 Å². The molecule has 113 valence electrons. The Balaban J connectivity index is 0.00000180. The van der Waals surface area contributed by atoms with Crippen LogP contribution in [0.5, 0.6) is 0 Å². The third kappa shape index (κ3) is 3.13. The summed E-state index contributed by atoms with van der Waals surface area (Å²) in [7, 11) is 0. The van der Waals surface area contributed by atoms with Crippen LogP contribution in [0.15, 0.2) is 39.8 Å². The molecule has 0 radical (unpaired) electrons. The number of rotatable bonds is 2. The van der Waals surface area contributed by atoms with Crippen molar-refractivity contribution in [1.82, 2.24) is 4.98 Å². The molecule has 2 rings (SSSR count). The Labute approximate surface area is 139 Å². The molecule has 1 N–H and O–H groups in total. The van der Waals surface area contributed by atoms with Gasteiger partial charge in [-0.2, -0.15) is 0 Å². The Bertz CT molecular complexity index is 542. The van der Waals surface area contributed by atoms with Gasteiger partial charge in [0.05, 0.1) is 0 Å². The van der Waals surface area contributed by atoms with Gasteiger partial charge in [-0.1, -0.05) is 0 Å². The summed E-state index contributed by atoms with van der Waals surface area (Å²) in [4.78, 5) is 3.55. The molecule has 0 saturated heterocycles. The molecule has 1 aromatic rings. The maximum Gasteiger partial charge on any atom is -0.147 e. The van der Waals surface area contributed by atoms with Gasteiger partial charge in [0.25, 0.3) is 0 Å². The van der Waals surface area contributed by atoms with E-state index in [-0.39, 0.29) is 24.8 Å². The summed E-state index contributed by atoms with van der Waals surface area (Å²) < 4.78 is 5.25. The van der Waals surface area contributed by atoms with Crippen molar-refractivity contribution in [3.63, 3.8) is 0 Å². The molecular formula is C16H26Cl2NZr. The number of halogens is 2. The molecule has 0 fully saturated rings. The molecule has 20 heavy (non-hydrogen) atoms. The second-order valence-electron chi connectivity index (χ2n) is 6.41. The fraction of sp³-hybridized carbons (Fsp3) is 0.438. The largest absolute Gasteiger partial charge is 0.147 e. The number of H-pyrrole nitrogens is 1. The van der Waals surface area contributed by atoms with E-state index in [0.29, 0.717) is 3.12 Å². The maximum atomic E-state index is 3.55. The third-order valence-electron chi connectivity index (χ3n) is 4.13. The van der Waals surface area contributed by atoms with Gasteiger partial charge in [0, 0.05) is 0 Å². The van der Waals surface area contributed by atoms with Crippen LogP contribution in [0, 0.1) is 0 Å². The van der Waals surface area contributed by atoms with E-state index in [9.17, 15) is 0 Å². The summed E-state index contributed by atoms with van der Waals surface area (Å²) in [6.45, 7) is 12.0. The first-order valence-corrected chi connectivity index (χ1v) is 11.6. The quantitative estimate of drug-likeness (QED) is 0.733. The van der Waals surface area contributed by atoms with Crippen molar-refractivity contribution in [3.8, 4) is 0 Å². The number of hydrogen-bond donors (Lipinski definition) is 1. The fourth-order valence-corrected chi connectivity index (χ4v) is 19.0. The zero-order valence-electron chi connectivity index (χ0n) is 13.0. The first-order chi connectivity index (χ1) is 8.40. The van der Waals surface area contributed by atoms with Crippen molar-refractivity contribution in [1.29, 1.82) is 0 Å². The van der Waals surface area contributed by atoms with Crippen molar-refractivity contribution in [3.05, 3.63) is 39.8 Å². The van der Waals surface area contributed by atoms with Gasteiger partial charge in [-0.3, -0.25) is 0 Å². The molecule has 4 heteroatoms. The van der Waals surface area contributed by atoms with Gasteiger partial charge in [-0.05, 0) is 0 Å². The predicted octanol–water partition coefficient (Wildman–Crippen LogP) is 4.91. The summed E-state index contributed by atoms with van der Waals surface area (Å²) in [5.41, 5.74) is 0. The molecular weight excluding hydrogens is 368 g/mol. The van der Waals surface area contributed by atoms with Crippen LogP contribution in [0.1, 0.15) is 41.0 Å². The summed E-state index contributed by atoms with van der Waals surface area (Å²) in [6, 6.07) is 4.46. The average Bonchev–Trinajstić information content (AvgIpc) is 2.87. The number of hydrogen-bond acceptors (Lipinski definition) is 0. The molecule has 0 aliphatic heterocycles. The molecule has 1 nitrogen and oxygen atoms in total. The average molecular weight is 395 g/mol. The van der Waals surface area contributed by atoms with Gasteiger partial charge < -0.3 is 0 Å². The summed E-state index contributed by atoms with van der Waals surface area (Å²) >= 11 is -2.73. The first-order valence-electron chi connectivity index (χ1n) is 6.71. The normalized spacial score (nSPS) is 16.8. The van der Waals surface area contributed by atoms with Crippen LogP contribution in [0.2, 0.25) is 3.12 Å². The van der Waals surface area contributed by atoms with E-state index < -0.39 is 19.8 Å². The molecule has 1 unspecified atom stereocenters. The van der Waals surface area contributed by atoms with Crippen LogP contribution in [0.25, 0.3) is 0 Å². The summed E-state index contributed by atoms with van der Waals surface area (Å²) in [6.07, 6.45) is 10.2. The topological polar surface area (TPSA) is 15.8 Å². The van der Waals surface area contributed by atoms with Crippen molar-refractivity contribution in [2.45, 2.75) is 44.2 Å². The minimum atomic E-state index is -2.73. The number of nitrogens with one attached hydrogen (secondary N) is 1. The first kappa shape index (κ1) is 20.1. The molecule has 0 bridgehead atoms. The van der Waals surface area contributed by atoms with E-state index in [1.54, 1.807) is 6.49 Å². The zero-order valence-corrected chi connectivity index (χ0v) is 17.1. The van der Waals surface area contributed by atoms with Gasteiger partial charge in [0.2, 0.25) is 0 Å². The van der Waals surface area contributed by atoms with Crippen molar-refractivity contribution in [2.24, 2.45) is 0 Å². The number of aromatic amines is 1. The monoisotopic (exact) mass is 392 g/mol. The van der Waals surface area contributed by atoms with Gasteiger partial charge in [0.15, 0.2) is 0 Å². The third-order valence-corrected chi connectivity index (χ3v) is 19.4. The van der Waals surface area contributed by atoms with Crippen LogP contribution < -0.4 is 3.40 Å². The standard InChI is InChI=1S/C5H5.C4H4N.C4H9.C3H6.2ClH.Zr/c2*1-2-4-5-3-1;1-4(2)3;1-3-2;;;/h1-3H,4H2;1-3,5H;1-3H3;1-2H3;2*1H;. The predicted molar refractivity (Wildman–Crippen MR) is 92.8 cm³/mol. The molecule has 0 spiro atoms. The second-order valence-corrected chi connectivity index (χ2v) is 19.1. The van der Waals surface area contributed by atoms with E-state index in [1.165, 1.54) is 3.40 Å². The molecule has 0 aromatic carbocycles. The van der Waals surface area contributed by atoms with Crippen LogP contribution in [-0.4, -0.2) is 8.19 Å². The van der Waals surface area contributed by atoms with Crippen molar-refractivity contribution < 1.29 is 19.8 Å².